The minimum Gasteiger partial charge on any atom is -0.481 e. The molecule has 0 unspecified atom stereocenters. The smallest absolute Gasteiger partial charge is 0.303 e. The van der Waals surface area contributed by atoms with Gasteiger partial charge in [-0.3, -0.25) is 14.4 Å². The molecular weight excluding hydrogens is 420 g/mol. The van der Waals surface area contributed by atoms with Gasteiger partial charge in [-0.25, -0.2) is 0 Å². The lowest BCUT2D eigenvalue weighted by Crippen LogP contribution is -2.32. The molecule has 0 aromatic carbocycles. The number of hydrogen-bond acceptors (Lipinski definition) is 6. The quantitative estimate of drug-likeness (QED) is 0.165. The Morgan fingerprint density at radius 1 is 0.531 bits per heavy atom. The lowest BCUT2D eigenvalue weighted by Gasteiger charge is -2.24. The van der Waals surface area contributed by atoms with E-state index in [1.54, 1.807) is 0 Å². The van der Waals surface area contributed by atoms with E-state index in [9.17, 15) is 14.4 Å². The van der Waals surface area contributed by atoms with Crippen molar-refractivity contribution in [2.24, 2.45) is 5.41 Å². The molecular formula is C23H46O9. The molecule has 0 aromatic rings. The minimum absolute atomic E-state index is 0.139. The van der Waals surface area contributed by atoms with Gasteiger partial charge in [0.2, 0.25) is 0 Å². The highest BCUT2D eigenvalue weighted by molar-refractivity contribution is 5.67. The van der Waals surface area contributed by atoms with Gasteiger partial charge < -0.3 is 30.6 Å². The van der Waals surface area contributed by atoms with Gasteiger partial charge >= 0.3 is 17.9 Å². The average Bonchev–Trinajstić information content (AvgIpc) is 2.75. The molecule has 0 aromatic heterocycles. The second-order valence-corrected chi connectivity index (χ2v) is 7.94. The third kappa shape index (κ3) is 28.3. The van der Waals surface area contributed by atoms with Gasteiger partial charge in [-0.1, -0.05) is 58.8 Å². The van der Waals surface area contributed by atoms with Crippen LogP contribution in [0.2, 0.25) is 0 Å². The van der Waals surface area contributed by atoms with Crippen LogP contribution in [0.1, 0.15) is 104 Å². The Bertz CT molecular complexity index is 415. The van der Waals surface area contributed by atoms with Crippen LogP contribution in [0, 0.1) is 5.41 Å². The van der Waals surface area contributed by atoms with Gasteiger partial charge in [-0.15, -0.1) is 0 Å². The Balaban J connectivity index is -0.000000398. The number of aliphatic hydroxyl groups is 3. The number of aliphatic hydroxyl groups excluding tert-OH is 3. The first kappa shape index (κ1) is 34.9. The van der Waals surface area contributed by atoms with Crippen LogP contribution in [0.5, 0.6) is 0 Å². The molecule has 0 amide bonds. The van der Waals surface area contributed by atoms with E-state index in [1.165, 1.54) is 32.1 Å². The van der Waals surface area contributed by atoms with Crippen molar-refractivity contribution in [1.29, 1.82) is 0 Å². The second kappa shape index (κ2) is 25.5. The summed E-state index contributed by atoms with van der Waals surface area (Å²) < 4.78 is 0. The molecule has 0 fully saturated rings. The largest absolute Gasteiger partial charge is 0.481 e. The molecule has 0 spiro atoms. The summed E-state index contributed by atoms with van der Waals surface area (Å²) in [5, 5.41) is 50.7. The number of rotatable bonds is 18. The third-order valence-electron chi connectivity index (χ3n) is 5.03. The van der Waals surface area contributed by atoms with Crippen molar-refractivity contribution in [2.75, 3.05) is 19.8 Å². The molecule has 0 atom stereocenters. The van der Waals surface area contributed by atoms with Gasteiger partial charge in [0.15, 0.2) is 0 Å². The Morgan fingerprint density at radius 3 is 1.03 bits per heavy atom. The van der Waals surface area contributed by atoms with E-state index in [4.69, 9.17) is 30.6 Å². The SMILES string of the molecule is CCC(CO)(CO)CO.CCCCCCCCCC(=O)O.O=C(O)CCCCCC(=O)O. The maximum absolute atomic E-state index is 10.1. The predicted octanol–water partition coefficient (Wildman–Crippen LogP) is 3.68. The van der Waals surface area contributed by atoms with E-state index >= 15 is 0 Å². The fourth-order valence-electron chi connectivity index (χ4n) is 2.45. The van der Waals surface area contributed by atoms with Crippen LogP contribution in [0.15, 0.2) is 0 Å². The Hall–Kier alpha value is -1.71. The summed E-state index contributed by atoms with van der Waals surface area (Å²) in [7, 11) is 0. The standard InChI is InChI=1S/C10H20O2.C7H12O4.C6H14O3/c1-2-3-4-5-6-7-8-9-10(11)12;8-6(9)4-2-1-3-5-7(10)11;1-2-6(3-7,4-8)5-9/h2-9H2,1H3,(H,11,12);1-5H2,(H,8,9)(H,10,11);7-9H,2-5H2,1H3. The molecule has 9 nitrogen and oxygen atoms in total. The van der Waals surface area contributed by atoms with Gasteiger partial charge in [-0.05, 0) is 25.7 Å². The topological polar surface area (TPSA) is 173 Å². The van der Waals surface area contributed by atoms with Crippen LogP contribution in [0.25, 0.3) is 0 Å². The summed E-state index contributed by atoms with van der Waals surface area (Å²) in [5.74, 6) is -2.30. The number of hydrogen-bond donors (Lipinski definition) is 6. The van der Waals surface area contributed by atoms with Crippen molar-refractivity contribution >= 4 is 17.9 Å². The van der Waals surface area contributed by atoms with E-state index in [1.807, 2.05) is 6.92 Å². The summed E-state index contributed by atoms with van der Waals surface area (Å²) in [6.45, 7) is 3.55. The van der Waals surface area contributed by atoms with Crippen molar-refractivity contribution in [3.63, 3.8) is 0 Å². The molecule has 9 heteroatoms. The van der Waals surface area contributed by atoms with Crippen molar-refractivity contribution < 1.29 is 45.0 Å². The molecule has 0 saturated carbocycles. The maximum Gasteiger partial charge on any atom is 0.303 e. The third-order valence-corrected chi connectivity index (χ3v) is 5.03. The first-order valence-electron chi connectivity index (χ1n) is 11.6. The molecule has 0 saturated heterocycles. The molecule has 32 heavy (non-hydrogen) atoms. The fourth-order valence-corrected chi connectivity index (χ4v) is 2.45. The summed E-state index contributed by atoms with van der Waals surface area (Å²) in [5.41, 5.74) is -0.667. The first-order valence-corrected chi connectivity index (χ1v) is 11.6. The Kier molecular flexibility index (Phi) is 27.9. The zero-order valence-electron chi connectivity index (χ0n) is 19.9. The van der Waals surface area contributed by atoms with Crippen LogP contribution in [-0.2, 0) is 14.4 Å². The maximum atomic E-state index is 10.1. The molecule has 0 bridgehead atoms. The van der Waals surface area contributed by atoms with Gasteiger partial charge in [0.1, 0.15) is 0 Å². The zero-order chi connectivity index (χ0) is 25.3. The van der Waals surface area contributed by atoms with Crippen LogP contribution >= 0.6 is 0 Å². The second-order valence-electron chi connectivity index (χ2n) is 7.94. The van der Waals surface area contributed by atoms with Crippen LogP contribution in [0.4, 0.5) is 0 Å². The van der Waals surface area contributed by atoms with E-state index < -0.39 is 23.3 Å². The van der Waals surface area contributed by atoms with Crippen LogP contribution < -0.4 is 0 Å². The summed E-state index contributed by atoms with van der Waals surface area (Å²) in [6, 6.07) is 0. The molecule has 0 aliphatic heterocycles. The normalized spacial score (nSPS) is 10.4. The van der Waals surface area contributed by atoms with Gasteiger partial charge in [-0.2, -0.15) is 0 Å². The molecule has 0 aliphatic carbocycles. The lowest BCUT2D eigenvalue weighted by atomic mass is 9.88. The van der Waals surface area contributed by atoms with Crippen LogP contribution in [0.3, 0.4) is 0 Å². The van der Waals surface area contributed by atoms with Gasteiger partial charge in [0.05, 0.1) is 19.8 Å². The number of unbranched alkanes of at least 4 members (excludes halogenated alkanes) is 8. The highest BCUT2D eigenvalue weighted by Gasteiger charge is 2.24. The van der Waals surface area contributed by atoms with Crippen molar-refractivity contribution in [3.05, 3.63) is 0 Å². The average molecular weight is 467 g/mol. The number of aliphatic carboxylic acids is 3. The zero-order valence-corrected chi connectivity index (χ0v) is 19.9. The summed E-state index contributed by atoms with van der Waals surface area (Å²) in [6.07, 6.45) is 11.3. The molecule has 6 N–H and O–H groups in total. The van der Waals surface area contributed by atoms with Gasteiger partial charge in [0, 0.05) is 24.7 Å². The Labute approximate surface area is 192 Å². The first-order chi connectivity index (χ1) is 15.1. The van der Waals surface area contributed by atoms with E-state index in [0.717, 1.165) is 12.8 Å². The molecule has 0 heterocycles. The van der Waals surface area contributed by atoms with Crippen molar-refractivity contribution in [2.45, 2.75) is 104 Å². The predicted molar refractivity (Wildman–Crippen MR) is 123 cm³/mol. The molecule has 0 radical (unpaired) electrons. The van der Waals surface area contributed by atoms with E-state index in [-0.39, 0.29) is 32.7 Å². The van der Waals surface area contributed by atoms with E-state index in [0.29, 0.717) is 32.1 Å². The lowest BCUT2D eigenvalue weighted by molar-refractivity contribution is -0.138. The van der Waals surface area contributed by atoms with Crippen LogP contribution in [-0.4, -0.2) is 68.4 Å². The molecule has 0 rings (SSSR count). The molecule has 0 aliphatic rings. The number of carboxylic acid groups (broad SMARTS) is 3. The summed E-state index contributed by atoms with van der Waals surface area (Å²) >= 11 is 0. The van der Waals surface area contributed by atoms with Crippen molar-refractivity contribution in [1.82, 2.24) is 0 Å². The Morgan fingerprint density at radius 2 is 0.812 bits per heavy atom. The molecule has 192 valence electrons. The van der Waals surface area contributed by atoms with Gasteiger partial charge in [0.25, 0.3) is 0 Å². The fraction of sp³-hybridized carbons (Fsp3) is 0.870. The minimum atomic E-state index is -0.819. The summed E-state index contributed by atoms with van der Waals surface area (Å²) in [4.78, 5) is 30.1. The number of carboxylic acids is 3. The monoisotopic (exact) mass is 466 g/mol. The highest BCUT2D eigenvalue weighted by atomic mass is 16.4. The van der Waals surface area contributed by atoms with E-state index in [2.05, 4.69) is 6.92 Å². The highest BCUT2D eigenvalue weighted by Crippen LogP contribution is 2.18. The van der Waals surface area contributed by atoms with Crippen molar-refractivity contribution in [3.8, 4) is 0 Å². The number of carbonyl (C=O) groups is 3.